The maximum atomic E-state index is 10.2. The molecule has 164 valence electrons. The van der Waals surface area contributed by atoms with Crippen LogP contribution in [0.2, 0.25) is 0 Å². The lowest BCUT2D eigenvalue weighted by Gasteiger charge is -2.23. The van der Waals surface area contributed by atoms with Gasteiger partial charge in [0.25, 0.3) is 0 Å². The van der Waals surface area contributed by atoms with E-state index in [0.29, 0.717) is 17.5 Å². The predicted molar refractivity (Wildman–Crippen MR) is 116 cm³/mol. The van der Waals surface area contributed by atoms with E-state index >= 15 is 0 Å². The van der Waals surface area contributed by atoms with Gasteiger partial charge in [0.2, 0.25) is 0 Å². The summed E-state index contributed by atoms with van der Waals surface area (Å²) < 4.78 is 0. The van der Waals surface area contributed by atoms with Crippen molar-refractivity contribution in [2.45, 2.75) is 51.0 Å². The number of carbonyl (C=O) groups is 2. The Balaban J connectivity index is 0.000000229. The SMILES string of the molecule is O=C(O)c1ccccc1.O=C(O)c1ccccc1.OCCC(O)CC1CCCCC1. The maximum absolute atomic E-state index is 10.2. The summed E-state index contributed by atoms with van der Waals surface area (Å²) in [5, 5.41) is 34.8. The summed E-state index contributed by atoms with van der Waals surface area (Å²) in [6, 6.07) is 16.6. The Hall–Kier alpha value is -2.70. The Bertz CT molecular complexity index is 661. The van der Waals surface area contributed by atoms with E-state index in [4.69, 9.17) is 15.3 Å². The average molecular weight is 417 g/mol. The van der Waals surface area contributed by atoms with Crippen molar-refractivity contribution in [2.24, 2.45) is 5.92 Å². The first kappa shape index (κ1) is 25.3. The second-order valence-electron chi connectivity index (χ2n) is 7.25. The van der Waals surface area contributed by atoms with Crippen molar-refractivity contribution < 1.29 is 30.0 Å². The molecular formula is C24H32O6. The van der Waals surface area contributed by atoms with Gasteiger partial charge in [-0.25, -0.2) is 9.59 Å². The molecular weight excluding hydrogens is 384 g/mol. The lowest BCUT2D eigenvalue weighted by atomic mass is 9.85. The topological polar surface area (TPSA) is 115 Å². The van der Waals surface area contributed by atoms with Gasteiger partial charge in [-0.1, -0.05) is 68.5 Å². The molecule has 1 unspecified atom stereocenters. The number of rotatable bonds is 6. The monoisotopic (exact) mass is 416 g/mol. The second kappa shape index (κ2) is 15.2. The van der Waals surface area contributed by atoms with Gasteiger partial charge in [-0.2, -0.15) is 0 Å². The van der Waals surface area contributed by atoms with Gasteiger partial charge >= 0.3 is 11.9 Å². The highest BCUT2D eigenvalue weighted by Gasteiger charge is 2.16. The maximum Gasteiger partial charge on any atom is 0.335 e. The van der Waals surface area contributed by atoms with Crippen LogP contribution in [0.3, 0.4) is 0 Å². The zero-order valence-corrected chi connectivity index (χ0v) is 17.2. The molecule has 3 rings (SSSR count). The molecule has 0 saturated heterocycles. The van der Waals surface area contributed by atoms with Crippen LogP contribution < -0.4 is 0 Å². The third-order valence-electron chi connectivity index (χ3n) is 4.83. The number of aromatic carboxylic acids is 2. The summed E-state index contributed by atoms with van der Waals surface area (Å²) in [5.74, 6) is -1.04. The van der Waals surface area contributed by atoms with Crippen molar-refractivity contribution in [3.63, 3.8) is 0 Å². The van der Waals surface area contributed by atoms with Crippen molar-refractivity contribution in [3.8, 4) is 0 Å². The largest absolute Gasteiger partial charge is 0.478 e. The van der Waals surface area contributed by atoms with Gasteiger partial charge < -0.3 is 20.4 Å². The van der Waals surface area contributed by atoms with Crippen LogP contribution in [0.4, 0.5) is 0 Å². The summed E-state index contributed by atoms with van der Waals surface area (Å²) >= 11 is 0. The number of carboxylic acid groups (broad SMARTS) is 2. The molecule has 0 aromatic heterocycles. The fourth-order valence-corrected chi connectivity index (χ4v) is 3.24. The third-order valence-corrected chi connectivity index (χ3v) is 4.83. The molecule has 6 nitrogen and oxygen atoms in total. The van der Waals surface area contributed by atoms with Gasteiger partial charge in [0, 0.05) is 6.61 Å². The van der Waals surface area contributed by atoms with E-state index in [1.165, 1.54) is 32.1 Å². The molecule has 2 aromatic carbocycles. The van der Waals surface area contributed by atoms with Crippen LogP contribution in [-0.4, -0.2) is 45.1 Å². The Labute approximate surface area is 177 Å². The molecule has 1 aliphatic carbocycles. The minimum atomic E-state index is -0.879. The van der Waals surface area contributed by atoms with Gasteiger partial charge in [-0.3, -0.25) is 0 Å². The van der Waals surface area contributed by atoms with Crippen LogP contribution in [0.1, 0.15) is 65.7 Å². The summed E-state index contributed by atoms with van der Waals surface area (Å²) in [4.78, 5) is 20.4. The first-order chi connectivity index (χ1) is 14.4. The fraction of sp³-hybridized carbons (Fsp3) is 0.417. The Kier molecular flexibility index (Phi) is 12.8. The van der Waals surface area contributed by atoms with Crippen LogP contribution in [-0.2, 0) is 0 Å². The van der Waals surface area contributed by atoms with Crippen LogP contribution in [0, 0.1) is 5.92 Å². The van der Waals surface area contributed by atoms with Gasteiger partial charge in [0.15, 0.2) is 0 Å². The second-order valence-corrected chi connectivity index (χ2v) is 7.25. The van der Waals surface area contributed by atoms with Crippen LogP contribution in [0.5, 0.6) is 0 Å². The first-order valence-electron chi connectivity index (χ1n) is 10.3. The Morgan fingerprint density at radius 3 is 1.57 bits per heavy atom. The third kappa shape index (κ3) is 11.3. The normalized spacial score (nSPS) is 14.3. The van der Waals surface area contributed by atoms with Gasteiger partial charge in [-0.05, 0) is 43.0 Å². The van der Waals surface area contributed by atoms with Crippen LogP contribution in [0.15, 0.2) is 60.7 Å². The Morgan fingerprint density at radius 1 is 0.800 bits per heavy atom. The number of aliphatic hydroxyl groups excluding tert-OH is 2. The minimum Gasteiger partial charge on any atom is -0.478 e. The number of benzene rings is 2. The summed E-state index contributed by atoms with van der Waals surface area (Å²) in [6.45, 7) is 0.119. The fourth-order valence-electron chi connectivity index (χ4n) is 3.24. The minimum absolute atomic E-state index is 0.119. The summed E-state index contributed by atoms with van der Waals surface area (Å²) in [7, 11) is 0. The van der Waals surface area contributed by atoms with Gasteiger partial charge in [-0.15, -0.1) is 0 Å². The van der Waals surface area contributed by atoms with Crippen molar-refractivity contribution in [1.82, 2.24) is 0 Å². The lowest BCUT2D eigenvalue weighted by Crippen LogP contribution is -2.17. The van der Waals surface area contributed by atoms with Crippen molar-refractivity contribution >= 4 is 11.9 Å². The van der Waals surface area contributed by atoms with E-state index in [0.717, 1.165) is 12.3 Å². The standard InChI is InChI=1S/C10H20O2.2C7H6O2/c11-7-6-10(12)8-9-4-2-1-3-5-9;2*8-7(9)6-4-2-1-3-5-6/h9-12H,1-8H2;2*1-5H,(H,8,9). The molecule has 0 radical (unpaired) electrons. The number of hydrogen-bond acceptors (Lipinski definition) is 4. The highest BCUT2D eigenvalue weighted by atomic mass is 16.4. The average Bonchev–Trinajstić information content (AvgIpc) is 2.77. The number of carboxylic acids is 2. The highest BCUT2D eigenvalue weighted by Crippen LogP contribution is 2.27. The molecule has 2 aromatic rings. The van der Waals surface area contributed by atoms with Gasteiger partial charge in [0.1, 0.15) is 0 Å². The number of aliphatic hydroxyl groups is 2. The summed E-state index contributed by atoms with van der Waals surface area (Å²) in [6.07, 6.45) is 7.78. The number of hydrogen-bond donors (Lipinski definition) is 4. The molecule has 1 fully saturated rings. The smallest absolute Gasteiger partial charge is 0.335 e. The molecule has 30 heavy (non-hydrogen) atoms. The van der Waals surface area contributed by atoms with E-state index in [-0.39, 0.29) is 12.7 Å². The molecule has 6 heteroatoms. The molecule has 0 bridgehead atoms. The Morgan fingerprint density at radius 2 is 1.23 bits per heavy atom. The zero-order valence-electron chi connectivity index (χ0n) is 17.2. The van der Waals surface area contributed by atoms with Crippen LogP contribution in [0.25, 0.3) is 0 Å². The van der Waals surface area contributed by atoms with Crippen molar-refractivity contribution in [2.75, 3.05) is 6.61 Å². The molecule has 0 heterocycles. The quantitative estimate of drug-likeness (QED) is 0.552. The summed E-state index contributed by atoms with van der Waals surface area (Å²) in [5.41, 5.74) is 0.662. The highest BCUT2D eigenvalue weighted by molar-refractivity contribution is 5.87. The van der Waals surface area contributed by atoms with E-state index in [2.05, 4.69) is 0 Å². The molecule has 0 aliphatic heterocycles. The molecule has 1 aliphatic rings. The molecule has 1 saturated carbocycles. The van der Waals surface area contributed by atoms with E-state index in [1.54, 1.807) is 60.7 Å². The predicted octanol–water partition coefficient (Wildman–Crippen LogP) is 4.47. The molecule has 4 N–H and O–H groups in total. The van der Waals surface area contributed by atoms with E-state index in [9.17, 15) is 14.7 Å². The molecule has 0 amide bonds. The lowest BCUT2D eigenvalue weighted by molar-refractivity contribution is 0.0686. The van der Waals surface area contributed by atoms with E-state index < -0.39 is 11.9 Å². The van der Waals surface area contributed by atoms with E-state index in [1.807, 2.05) is 0 Å². The van der Waals surface area contributed by atoms with Crippen molar-refractivity contribution in [3.05, 3.63) is 71.8 Å². The molecule has 0 spiro atoms. The zero-order chi connectivity index (χ0) is 22.2. The van der Waals surface area contributed by atoms with Crippen LogP contribution >= 0.6 is 0 Å². The van der Waals surface area contributed by atoms with Gasteiger partial charge in [0.05, 0.1) is 17.2 Å². The first-order valence-corrected chi connectivity index (χ1v) is 10.3. The molecule has 1 atom stereocenters. The van der Waals surface area contributed by atoms with Crippen molar-refractivity contribution in [1.29, 1.82) is 0 Å².